The summed E-state index contributed by atoms with van der Waals surface area (Å²) >= 11 is 0. The third kappa shape index (κ3) is 4.95. The van der Waals surface area contributed by atoms with Crippen LogP contribution in [-0.2, 0) is 16.1 Å². The Hall–Kier alpha value is -1.42. The monoisotopic (exact) mass is 236 g/mol. The van der Waals surface area contributed by atoms with E-state index >= 15 is 0 Å². The van der Waals surface area contributed by atoms with Crippen LogP contribution in [0.25, 0.3) is 0 Å². The smallest absolute Gasteiger partial charge is 0.307 e. The van der Waals surface area contributed by atoms with Crippen molar-refractivity contribution < 1.29 is 9.53 Å². The van der Waals surface area contributed by atoms with Crippen molar-refractivity contribution in [2.45, 2.75) is 26.8 Å². The SMILES string of the molecule is CCOC(=O)CCN(C)Cc1ncccc1C. The molecule has 0 saturated carbocycles. The summed E-state index contributed by atoms with van der Waals surface area (Å²) in [5.41, 5.74) is 2.23. The molecule has 0 fully saturated rings. The number of carbonyl (C=O) groups is 1. The first-order chi connectivity index (χ1) is 8.13. The van der Waals surface area contributed by atoms with Gasteiger partial charge in [0.1, 0.15) is 0 Å². The van der Waals surface area contributed by atoms with E-state index in [1.807, 2.05) is 33.0 Å². The van der Waals surface area contributed by atoms with E-state index in [0.717, 1.165) is 12.2 Å². The number of hydrogen-bond donors (Lipinski definition) is 0. The summed E-state index contributed by atoms with van der Waals surface area (Å²) in [6.45, 7) is 5.75. The van der Waals surface area contributed by atoms with Gasteiger partial charge in [-0.15, -0.1) is 0 Å². The van der Waals surface area contributed by atoms with Gasteiger partial charge in [-0.25, -0.2) is 0 Å². The fourth-order valence-corrected chi connectivity index (χ4v) is 1.53. The molecule has 0 saturated heterocycles. The van der Waals surface area contributed by atoms with Gasteiger partial charge < -0.3 is 4.74 Å². The highest BCUT2D eigenvalue weighted by molar-refractivity contribution is 5.69. The lowest BCUT2D eigenvalue weighted by Gasteiger charge is -2.16. The molecule has 0 spiro atoms. The van der Waals surface area contributed by atoms with Crippen LogP contribution in [0, 0.1) is 6.92 Å². The minimum atomic E-state index is -0.142. The summed E-state index contributed by atoms with van der Waals surface area (Å²) in [4.78, 5) is 17.6. The van der Waals surface area contributed by atoms with Crippen molar-refractivity contribution in [2.24, 2.45) is 0 Å². The number of pyridine rings is 1. The summed E-state index contributed by atoms with van der Waals surface area (Å²) in [6, 6.07) is 3.97. The number of esters is 1. The van der Waals surface area contributed by atoms with Crippen molar-refractivity contribution in [2.75, 3.05) is 20.2 Å². The number of aryl methyl sites for hydroxylation is 1. The summed E-state index contributed by atoms with van der Waals surface area (Å²) < 4.78 is 4.88. The van der Waals surface area contributed by atoms with Crippen molar-refractivity contribution in [1.29, 1.82) is 0 Å². The lowest BCUT2D eigenvalue weighted by Crippen LogP contribution is -2.23. The maximum Gasteiger partial charge on any atom is 0.307 e. The van der Waals surface area contributed by atoms with E-state index < -0.39 is 0 Å². The van der Waals surface area contributed by atoms with E-state index in [0.29, 0.717) is 19.6 Å². The topological polar surface area (TPSA) is 42.4 Å². The standard InChI is InChI=1S/C13H20N2O2/c1-4-17-13(16)7-9-15(3)10-12-11(2)6-5-8-14-12/h5-6,8H,4,7,9-10H2,1-3H3. The van der Waals surface area contributed by atoms with Crippen LogP contribution in [0.3, 0.4) is 0 Å². The average Bonchev–Trinajstić information content (AvgIpc) is 2.30. The molecule has 0 aliphatic heterocycles. The van der Waals surface area contributed by atoms with Crippen LogP contribution in [-0.4, -0.2) is 36.1 Å². The van der Waals surface area contributed by atoms with Crippen molar-refractivity contribution >= 4 is 5.97 Å². The Morgan fingerprint density at radius 3 is 2.94 bits per heavy atom. The van der Waals surface area contributed by atoms with Crippen LogP contribution < -0.4 is 0 Å². The van der Waals surface area contributed by atoms with Crippen LogP contribution in [0.15, 0.2) is 18.3 Å². The number of ether oxygens (including phenoxy) is 1. The van der Waals surface area contributed by atoms with Crippen molar-refractivity contribution in [1.82, 2.24) is 9.88 Å². The maximum absolute atomic E-state index is 11.2. The minimum Gasteiger partial charge on any atom is -0.466 e. The maximum atomic E-state index is 11.2. The van der Waals surface area contributed by atoms with Crippen LogP contribution >= 0.6 is 0 Å². The molecule has 94 valence electrons. The Bertz CT molecular complexity index is 366. The van der Waals surface area contributed by atoms with Gasteiger partial charge in [-0.3, -0.25) is 14.7 Å². The second-order valence-electron chi connectivity index (χ2n) is 4.06. The third-order valence-corrected chi connectivity index (χ3v) is 2.54. The summed E-state index contributed by atoms with van der Waals surface area (Å²) in [7, 11) is 1.98. The first-order valence-electron chi connectivity index (χ1n) is 5.88. The van der Waals surface area contributed by atoms with Gasteiger partial charge >= 0.3 is 5.97 Å². The van der Waals surface area contributed by atoms with E-state index in [1.54, 1.807) is 6.20 Å². The van der Waals surface area contributed by atoms with Crippen molar-refractivity contribution in [3.8, 4) is 0 Å². The predicted molar refractivity (Wildman–Crippen MR) is 66.6 cm³/mol. The first-order valence-corrected chi connectivity index (χ1v) is 5.88. The highest BCUT2D eigenvalue weighted by atomic mass is 16.5. The van der Waals surface area contributed by atoms with Gasteiger partial charge in [0.25, 0.3) is 0 Å². The molecule has 0 aromatic carbocycles. The molecule has 0 N–H and O–H groups in total. The molecule has 0 aliphatic rings. The number of aromatic nitrogens is 1. The van der Waals surface area contributed by atoms with Crippen LogP contribution in [0.1, 0.15) is 24.6 Å². The lowest BCUT2D eigenvalue weighted by atomic mass is 10.2. The molecule has 1 aromatic rings. The van der Waals surface area contributed by atoms with E-state index in [4.69, 9.17) is 4.74 Å². The van der Waals surface area contributed by atoms with Gasteiger partial charge in [0.05, 0.1) is 18.7 Å². The van der Waals surface area contributed by atoms with Gasteiger partial charge in [0, 0.05) is 19.3 Å². The molecule has 17 heavy (non-hydrogen) atoms. The number of nitrogens with zero attached hydrogens (tertiary/aromatic N) is 2. The largest absolute Gasteiger partial charge is 0.466 e. The quantitative estimate of drug-likeness (QED) is 0.706. The van der Waals surface area contributed by atoms with Gasteiger partial charge in [0.2, 0.25) is 0 Å². The number of carbonyl (C=O) groups excluding carboxylic acids is 1. The summed E-state index contributed by atoms with van der Waals surface area (Å²) in [5.74, 6) is -0.142. The van der Waals surface area contributed by atoms with Crippen molar-refractivity contribution in [3.05, 3.63) is 29.6 Å². The van der Waals surface area contributed by atoms with Gasteiger partial charge in [-0.2, -0.15) is 0 Å². The van der Waals surface area contributed by atoms with Crippen LogP contribution in [0.5, 0.6) is 0 Å². The normalized spacial score (nSPS) is 10.6. The molecule has 0 amide bonds. The molecule has 0 bridgehead atoms. The number of hydrogen-bond acceptors (Lipinski definition) is 4. The summed E-state index contributed by atoms with van der Waals surface area (Å²) in [6.07, 6.45) is 2.22. The highest BCUT2D eigenvalue weighted by Crippen LogP contribution is 2.06. The van der Waals surface area contributed by atoms with E-state index in [2.05, 4.69) is 9.88 Å². The molecule has 0 unspecified atom stereocenters. The average molecular weight is 236 g/mol. The molecule has 0 atom stereocenters. The molecule has 1 heterocycles. The second kappa shape index (κ2) is 7.01. The van der Waals surface area contributed by atoms with Gasteiger partial charge in [-0.05, 0) is 32.5 Å². The van der Waals surface area contributed by atoms with E-state index in [-0.39, 0.29) is 5.97 Å². The number of rotatable bonds is 6. The van der Waals surface area contributed by atoms with Crippen molar-refractivity contribution in [3.63, 3.8) is 0 Å². The molecular weight excluding hydrogens is 216 g/mol. The molecule has 4 heteroatoms. The minimum absolute atomic E-state index is 0.142. The van der Waals surface area contributed by atoms with Crippen LogP contribution in [0.4, 0.5) is 0 Å². The van der Waals surface area contributed by atoms with Gasteiger partial charge in [0.15, 0.2) is 0 Å². The Labute approximate surface area is 103 Å². The Kier molecular flexibility index (Phi) is 5.63. The fourth-order valence-electron chi connectivity index (χ4n) is 1.53. The molecule has 1 rings (SSSR count). The molecule has 0 aliphatic carbocycles. The molecule has 0 radical (unpaired) electrons. The lowest BCUT2D eigenvalue weighted by molar-refractivity contribution is -0.143. The molecule has 4 nitrogen and oxygen atoms in total. The summed E-state index contributed by atoms with van der Waals surface area (Å²) in [5, 5.41) is 0. The van der Waals surface area contributed by atoms with Crippen LogP contribution in [0.2, 0.25) is 0 Å². The fraction of sp³-hybridized carbons (Fsp3) is 0.538. The highest BCUT2D eigenvalue weighted by Gasteiger charge is 2.07. The zero-order chi connectivity index (χ0) is 12.7. The zero-order valence-electron chi connectivity index (χ0n) is 10.8. The third-order valence-electron chi connectivity index (χ3n) is 2.54. The first kappa shape index (κ1) is 13.6. The predicted octanol–water partition coefficient (Wildman–Crippen LogP) is 1.78. The molecule has 1 aromatic heterocycles. The van der Waals surface area contributed by atoms with E-state index in [9.17, 15) is 4.79 Å². The second-order valence-corrected chi connectivity index (χ2v) is 4.06. The Morgan fingerprint density at radius 1 is 1.53 bits per heavy atom. The Morgan fingerprint density at radius 2 is 2.29 bits per heavy atom. The zero-order valence-corrected chi connectivity index (χ0v) is 10.8. The Balaban J connectivity index is 2.37. The van der Waals surface area contributed by atoms with Gasteiger partial charge in [-0.1, -0.05) is 6.07 Å². The molecular formula is C13H20N2O2. The van der Waals surface area contributed by atoms with E-state index in [1.165, 1.54) is 5.56 Å².